The molecule has 12 heavy (non-hydrogen) atoms. The molecule has 0 aromatic heterocycles. The molecule has 1 heterocycles. The van der Waals surface area contributed by atoms with Crippen LogP contribution in [0.2, 0.25) is 0 Å². The topological polar surface area (TPSA) is 50.1 Å². The summed E-state index contributed by atoms with van der Waals surface area (Å²) >= 11 is 0. The number of hydrogen-bond acceptors (Lipinski definition) is 3. The lowest BCUT2D eigenvalue weighted by molar-refractivity contribution is 0.0510. The van der Waals surface area contributed by atoms with E-state index in [2.05, 4.69) is 10.6 Å². The Balaban J connectivity index is 2.18. The van der Waals surface area contributed by atoms with E-state index in [4.69, 9.17) is 5.73 Å². The first-order chi connectivity index (χ1) is 5.77. The van der Waals surface area contributed by atoms with E-state index in [9.17, 15) is 0 Å². The molecular formula is C9H19N3. The van der Waals surface area contributed by atoms with Crippen molar-refractivity contribution in [1.82, 2.24) is 10.6 Å². The van der Waals surface area contributed by atoms with Crippen LogP contribution in [0.1, 0.15) is 19.3 Å². The van der Waals surface area contributed by atoms with E-state index < -0.39 is 0 Å². The molecule has 0 radical (unpaired) electrons. The molecule has 0 aromatic rings. The second-order valence-electron chi connectivity index (χ2n) is 4.17. The van der Waals surface area contributed by atoms with Gasteiger partial charge in [0.05, 0.1) is 5.66 Å². The Morgan fingerprint density at radius 1 is 1.33 bits per heavy atom. The Bertz CT molecular complexity index is 147. The maximum absolute atomic E-state index is 6.36. The highest BCUT2D eigenvalue weighted by molar-refractivity contribution is 5.01. The van der Waals surface area contributed by atoms with Crippen LogP contribution < -0.4 is 16.4 Å². The van der Waals surface area contributed by atoms with Gasteiger partial charge in [0.2, 0.25) is 0 Å². The molecule has 1 aliphatic carbocycles. The number of nitrogens with one attached hydrogen (secondary N) is 2. The first-order valence-corrected chi connectivity index (χ1v) is 4.96. The van der Waals surface area contributed by atoms with Crippen molar-refractivity contribution in [3.8, 4) is 0 Å². The lowest BCUT2D eigenvalue weighted by Gasteiger charge is -2.50. The highest BCUT2D eigenvalue weighted by atomic mass is 15.1. The van der Waals surface area contributed by atoms with Gasteiger partial charge in [0, 0.05) is 24.9 Å². The summed E-state index contributed by atoms with van der Waals surface area (Å²) in [4.78, 5) is 0. The lowest BCUT2D eigenvalue weighted by atomic mass is 9.69. The summed E-state index contributed by atoms with van der Waals surface area (Å²) in [5.74, 6) is 1.27. The largest absolute Gasteiger partial charge is 0.316 e. The second-order valence-corrected chi connectivity index (χ2v) is 4.17. The highest BCUT2D eigenvalue weighted by Crippen LogP contribution is 2.36. The van der Waals surface area contributed by atoms with Crippen LogP contribution in [-0.2, 0) is 0 Å². The highest BCUT2D eigenvalue weighted by Gasteiger charge is 2.45. The molecule has 2 aliphatic rings. The predicted octanol–water partition coefficient (Wildman–Crippen LogP) is -0.120. The maximum atomic E-state index is 6.36. The van der Waals surface area contributed by atoms with Crippen LogP contribution in [0.3, 0.4) is 0 Å². The molecule has 0 aromatic carbocycles. The number of nitrogens with two attached hydrogens (primary N) is 1. The fourth-order valence-electron chi connectivity index (χ4n) is 2.80. The molecule has 3 heteroatoms. The minimum absolute atomic E-state index is 0.0799. The van der Waals surface area contributed by atoms with Gasteiger partial charge in [-0.3, -0.25) is 0 Å². The van der Waals surface area contributed by atoms with E-state index in [-0.39, 0.29) is 5.66 Å². The van der Waals surface area contributed by atoms with E-state index in [1.54, 1.807) is 0 Å². The van der Waals surface area contributed by atoms with Crippen LogP contribution in [0, 0.1) is 11.8 Å². The first kappa shape index (κ1) is 8.48. The van der Waals surface area contributed by atoms with Gasteiger partial charge in [-0.2, -0.15) is 0 Å². The van der Waals surface area contributed by atoms with Gasteiger partial charge >= 0.3 is 0 Å². The number of hydrogen-bond donors (Lipinski definition) is 3. The van der Waals surface area contributed by atoms with Crippen LogP contribution in [0.5, 0.6) is 0 Å². The van der Waals surface area contributed by atoms with Gasteiger partial charge in [0.25, 0.3) is 0 Å². The molecule has 2 fully saturated rings. The Kier molecular flexibility index (Phi) is 2.10. The minimum Gasteiger partial charge on any atom is -0.316 e. The SMILES string of the molecule is CNC1(N)C2CCCC1CNC2. The van der Waals surface area contributed by atoms with Gasteiger partial charge in [-0.1, -0.05) is 6.42 Å². The van der Waals surface area contributed by atoms with Gasteiger partial charge in [0.1, 0.15) is 0 Å². The van der Waals surface area contributed by atoms with Crippen molar-refractivity contribution in [2.24, 2.45) is 17.6 Å². The third-order valence-electron chi connectivity index (χ3n) is 3.67. The van der Waals surface area contributed by atoms with Crippen molar-refractivity contribution in [1.29, 1.82) is 0 Å². The Hall–Kier alpha value is -0.120. The first-order valence-electron chi connectivity index (χ1n) is 4.96. The van der Waals surface area contributed by atoms with Crippen LogP contribution in [0.25, 0.3) is 0 Å². The summed E-state index contributed by atoms with van der Waals surface area (Å²) in [6.45, 7) is 2.18. The molecule has 1 saturated carbocycles. The molecule has 1 saturated heterocycles. The molecular weight excluding hydrogens is 150 g/mol. The molecule has 0 amide bonds. The van der Waals surface area contributed by atoms with E-state index in [1.807, 2.05) is 7.05 Å². The summed E-state index contributed by atoms with van der Waals surface area (Å²) in [6.07, 6.45) is 3.92. The van der Waals surface area contributed by atoms with Crippen molar-refractivity contribution in [3.05, 3.63) is 0 Å². The zero-order chi connectivity index (χ0) is 8.60. The van der Waals surface area contributed by atoms with Crippen molar-refractivity contribution in [3.63, 3.8) is 0 Å². The van der Waals surface area contributed by atoms with Gasteiger partial charge in [-0.15, -0.1) is 0 Å². The molecule has 2 rings (SSSR count). The van der Waals surface area contributed by atoms with Crippen LogP contribution in [0.15, 0.2) is 0 Å². The summed E-state index contributed by atoms with van der Waals surface area (Å²) in [5, 5.41) is 6.78. The van der Waals surface area contributed by atoms with E-state index in [0.717, 1.165) is 13.1 Å². The Labute approximate surface area is 74.1 Å². The molecule has 4 N–H and O–H groups in total. The molecule has 2 atom stereocenters. The fraction of sp³-hybridized carbons (Fsp3) is 1.00. The monoisotopic (exact) mass is 169 g/mol. The normalized spacial score (nSPS) is 47.5. The number of fused-ring (bicyclic) bond motifs is 2. The average Bonchev–Trinajstić information content (AvgIpc) is 2.03. The van der Waals surface area contributed by atoms with E-state index in [1.165, 1.54) is 19.3 Å². The van der Waals surface area contributed by atoms with Crippen molar-refractivity contribution < 1.29 is 0 Å². The average molecular weight is 169 g/mol. The van der Waals surface area contributed by atoms with Crippen molar-refractivity contribution in [2.75, 3.05) is 20.1 Å². The van der Waals surface area contributed by atoms with Crippen LogP contribution >= 0.6 is 0 Å². The fourth-order valence-corrected chi connectivity index (χ4v) is 2.80. The van der Waals surface area contributed by atoms with Crippen LogP contribution in [-0.4, -0.2) is 25.8 Å². The Morgan fingerprint density at radius 3 is 2.33 bits per heavy atom. The van der Waals surface area contributed by atoms with Crippen molar-refractivity contribution >= 4 is 0 Å². The van der Waals surface area contributed by atoms with Gasteiger partial charge < -0.3 is 16.4 Å². The Morgan fingerprint density at radius 2 is 1.92 bits per heavy atom. The lowest BCUT2D eigenvalue weighted by Crippen LogP contribution is -2.70. The molecule has 2 unspecified atom stereocenters. The zero-order valence-corrected chi connectivity index (χ0v) is 7.77. The summed E-state index contributed by atoms with van der Waals surface area (Å²) < 4.78 is 0. The third kappa shape index (κ3) is 1.08. The minimum atomic E-state index is -0.0799. The number of rotatable bonds is 1. The van der Waals surface area contributed by atoms with Gasteiger partial charge in [-0.05, 0) is 19.9 Å². The summed E-state index contributed by atoms with van der Waals surface area (Å²) in [7, 11) is 2.00. The van der Waals surface area contributed by atoms with Gasteiger partial charge in [0.15, 0.2) is 0 Å². The quantitative estimate of drug-likeness (QED) is 0.480. The smallest absolute Gasteiger partial charge is 0.0741 e. The van der Waals surface area contributed by atoms with Gasteiger partial charge in [-0.25, -0.2) is 0 Å². The molecule has 0 spiro atoms. The molecule has 1 aliphatic heterocycles. The molecule has 2 bridgehead atoms. The van der Waals surface area contributed by atoms with Crippen LogP contribution in [0.4, 0.5) is 0 Å². The number of piperidine rings is 1. The summed E-state index contributed by atoms with van der Waals surface area (Å²) in [5.41, 5.74) is 6.28. The standard InChI is InChI=1S/C9H19N3/c1-11-9(10)7-3-2-4-8(9)6-12-5-7/h7-8,11-12H,2-6,10H2,1H3. The second kappa shape index (κ2) is 2.98. The van der Waals surface area contributed by atoms with E-state index in [0.29, 0.717) is 11.8 Å². The maximum Gasteiger partial charge on any atom is 0.0741 e. The van der Waals surface area contributed by atoms with E-state index >= 15 is 0 Å². The van der Waals surface area contributed by atoms with Crippen molar-refractivity contribution in [2.45, 2.75) is 24.9 Å². The summed E-state index contributed by atoms with van der Waals surface area (Å²) in [6, 6.07) is 0. The molecule has 70 valence electrons. The third-order valence-corrected chi connectivity index (χ3v) is 3.67. The molecule has 3 nitrogen and oxygen atoms in total. The predicted molar refractivity (Wildman–Crippen MR) is 49.7 cm³/mol. The zero-order valence-electron chi connectivity index (χ0n) is 7.77.